The first-order chi connectivity index (χ1) is 6.57. The van der Waals surface area contributed by atoms with Crippen molar-refractivity contribution in [2.24, 2.45) is 5.73 Å². The predicted octanol–water partition coefficient (Wildman–Crippen LogP) is 3.45. The van der Waals surface area contributed by atoms with Crippen LogP contribution in [0.4, 0.5) is 0 Å². The van der Waals surface area contributed by atoms with Crippen molar-refractivity contribution in [3.63, 3.8) is 0 Å². The van der Waals surface area contributed by atoms with Gasteiger partial charge < -0.3 is 10.8 Å². The van der Waals surface area contributed by atoms with E-state index in [0.29, 0.717) is 27.1 Å². The van der Waals surface area contributed by atoms with Crippen LogP contribution in [0.5, 0.6) is 0 Å². The van der Waals surface area contributed by atoms with Crippen molar-refractivity contribution < 1.29 is 5.11 Å². The van der Waals surface area contributed by atoms with Crippen LogP contribution in [0, 0.1) is 0 Å². The molecule has 0 saturated heterocycles. The molecule has 2 nitrogen and oxygen atoms in total. The van der Waals surface area contributed by atoms with Crippen LogP contribution >= 0.6 is 47.2 Å². The Hall–Kier alpha value is 0.300. The first-order valence-corrected chi connectivity index (χ1v) is 5.21. The lowest BCUT2D eigenvalue weighted by atomic mass is 10.1. The Morgan fingerprint density at radius 3 is 2.27 bits per heavy atom. The Labute approximate surface area is 110 Å². The van der Waals surface area contributed by atoms with E-state index >= 15 is 0 Å². The van der Waals surface area contributed by atoms with E-state index in [2.05, 4.69) is 0 Å². The maximum atomic E-state index is 8.75. The molecule has 0 radical (unpaired) electrons. The highest BCUT2D eigenvalue weighted by molar-refractivity contribution is 6.44. The molecule has 0 amide bonds. The summed E-state index contributed by atoms with van der Waals surface area (Å²) in [5.41, 5.74) is 6.38. The summed E-state index contributed by atoms with van der Waals surface area (Å²) >= 11 is 17.7. The number of aliphatic hydroxyl groups is 1. The maximum absolute atomic E-state index is 8.75. The molecule has 1 atom stereocenters. The average molecular weight is 291 g/mol. The third-order valence-electron chi connectivity index (χ3n) is 1.89. The van der Waals surface area contributed by atoms with E-state index in [9.17, 15) is 0 Å². The van der Waals surface area contributed by atoms with Gasteiger partial charge in [-0.1, -0.05) is 34.8 Å². The minimum absolute atomic E-state index is 0. The standard InChI is InChI=1S/C9H10Cl3NO.ClH/c10-5-1-2-6(11)9(12)8(5)7(13)3-4-14;/h1-2,7,14H,3-4,13H2;1H/t7-;/m1./s1. The van der Waals surface area contributed by atoms with Gasteiger partial charge in [-0.15, -0.1) is 12.4 Å². The lowest BCUT2D eigenvalue weighted by Gasteiger charge is -2.14. The van der Waals surface area contributed by atoms with Crippen molar-refractivity contribution in [1.29, 1.82) is 0 Å². The molecule has 0 aromatic heterocycles. The number of benzene rings is 1. The second-order valence-electron chi connectivity index (χ2n) is 2.88. The van der Waals surface area contributed by atoms with Crippen molar-refractivity contribution in [3.8, 4) is 0 Å². The minimum atomic E-state index is -0.390. The summed E-state index contributed by atoms with van der Waals surface area (Å²) < 4.78 is 0. The zero-order chi connectivity index (χ0) is 10.7. The average Bonchev–Trinajstić information content (AvgIpc) is 2.13. The molecule has 0 fully saturated rings. The van der Waals surface area contributed by atoms with E-state index < -0.39 is 6.04 Å². The minimum Gasteiger partial charge on any atom is -0.396 e. The molecule has 1 aromatic rings. The first-order valence-electron chi connectivity index (χ1n) is 4.07. The molecule has 0 unspecified atom stereocenters. The van der Waals surface area contributed by atoms with Crippen molar-refractivity contribution >= 4 is 47.2 Å². The maximum Gasteiger partial charge on any atom is 0.0654 e. The van der Waals surface area contributed by atoms with Crippen LogP contribution in [0.15, 0.2) is 12.1 Å². The van der Waals surface area contributed by atoms with Gasteiger partial charge in [-0.3, -0.25) is 0 Å². The largest absolute Gasteiger partial charge is 0.396 e. The second-order valence-corrected chi connectivity index (χ2v) is 4.07. The fourth-order valence-corrected chi connectivity index (χ4v) is 1.98. The van der Waals surface area contributed by atoms with Gasteiger partial charge in [0.15, 0.2) is 0 Å². The summed E-state index contributed by atoms with van der Waals surface area (Å²) in [6.07, 6.45) is 0.403. The number of rotatable bonds is 3. The molecular formula is C9H11Cl4NO. The van der Waals surface area contributed by atoms with E-state index in [1.807, 2.05) is 0 Å². The molecule has 0 aliphatic heterocycles. The van der Waals surface area contributed by atoms with Crippen molar-refractivity contribution in [3.05, 3.63) is 32.8 Å². The van der Waals surface area contributed by atoms with E-state index in [4.69, 9.17) is 45.6 Å². The lowest BCUT2D eigenvalue weighted by Crippen LogP contribution is -2.13. The summed E-state index contributed by atoms with van der Waals surface area (Å²) in [6.45, 7) is -0.0136. The highest BCUT2D eigenvalue weighted by atomic mass is 35.5. The fourth-order valence-electron chi connectivity index (χ4n) is 1.17. The van der Waals surface area contributed by atoms with Crippen LogP contribution in [-0.4, -0.2) is 11.7 Å². The summed E-state index contributed by atoms with van der Waals surface area (Å²) in [6, 6.07) is 2.86. The van der Waals surface area contributed by atoms with E-state index in [0.717, 1.165) is 0 Å². The molecule has 0 bridgehead atoms. The topological polar surface area (TPSA) is 46.2 Å². The molecule has 0 spiro atoms. The molecule has 6 heteroatoms. The summed E-state index contributed by atoms with van der Waals surface area (Å²) in [4.78, 5) is 0. The lowest BCUT2D eigenvalue weighted by molar-refractivity contribution is 0.276. The Balaban J connectivity index is 0.00000196. The van der Waals surface area contributed by atoms with Gasteiger partial charge in [0.1, 0.15) is 0 Å². The van der Waals surface area contributed by atoms with Crippen LogP contribution in [0.3, 0.4) is 0 Å². The van der Waals surface area contributed by atoms with Gasteiger partial charge in [-0.05, 0) is 18.6 Å². The summed E-state index contributed by atoms with van der Waals surface area (Å²) in [5.74, 6) is 0. The molecule has 86 valence electrons. The van der Waals surface area contributed by atoms with Crippen LogP contribution in [-0.2, 0) is 0 Å². The molecule has 0 aliphatic carbocycles. The monoisotopic (exact) mass is 289 g/mol. The van der Waals surface area contributed by atoms with Crippen LogP contribution in [0.2, 0.25) is 15.1 Å². The molecule has 1 rings (SSSR count). The predicted molar refractivity (Wildman–Crippen MR) is 67.4 cm³/mol. The molecule has 15 heavy (non-hydrogen) atoms. The van der Waals surface area contributed by atoms with Crippen molar-refractivity contribution in [2.75, 3.05) is 6.61 Å². The number of nitrogens with two attached hydrogens (primary N) is 1. The van der Waals surface area contributed by atoms with Crippen molar-refractivity contribution in [2.45, 2.75) is 12.5 Å². The Morgan fingerprint density at radius 2 is 1.73 bits per heavy atom. The molecule has 0 heterocycles. The zero-order valence-electron chi connectivity index (χ0n) is 7.71. The Bertz CT molecular complexity index is 332. The Kier molecular flexibility index (Phi) is 6.93. The van der Waals surface area contributed by atoms with Gasteiger partial charge in [-0.2, -0.15) is 0 Å². The van der Waals surface area contributed by atoms with E-state index in [1.165, 1.54) is 0 Å². The molecule has 0 saturated carbocycles. The normalized spacial score (nSPS) is 12.1. The highest BCUT2D eigenvalue weighted by Gasteiger charge is 2.15. The summed E-state index contributed by atoms with van der Waals surface area (Å²) in [7, 11) is 0. The SMILES string of the molecule is Cl.N[C@H](CCO)c1c(Cl)ccc(Cl)c1Cl. The fraction of sp³-hybridized carbons (Fsp3) is 0.333. The third-order valence-corrected chi connectivity index (χ3v) is 3.04. The van der Waals surface area contributed by atoms with Gasteiger partial charge in [0.2, 0.25) is 0 Å². The molecular weight excluding hydrogens is 280 g/mol. The molecule has 3 N–H and O–H groups in total. The van der Waals surface area contributed by atoms with Gasteiger partial charge in [0, 0.05) is 23.2 Å². The first kappa shape index (κ1) is 15.3. The van der Waals surface area contributed by atoms with Crippen LogP contribution in [0.1, 0.15) is 18.0 Å². The van der Waals surface area contributed by atoms with Gasteiger partial charge in [0.25, 0.3) is 0 Å². The number of hydrogen-bond acceptors (Lipinski definition) is 2. The number of aliphatic hydroxyl groups excluding tert-OH is 1. The quantitative estimate of drug-likeness (QED) is 0.838. The van der Waals surface area contributed by atoms with Crippen LogP contribution < -0.4 is 5.73 Å². The van der Waals surface area contributed by atoms with Crippen LogP contribution in [0.25, 0.3) is 0 Å². The Morgan fingerprint density at radius 1 is 1.20 bits per heavy atom. The van der Waals surface area contributed by atoms with Crippen molar-refractivity contribution in [1.82, 2.24) is 0 Å². The molecule has 0 aliphatic rings. The smallest absolute Gasteiger partial charge is 0.0654 e. The molecule has 1 aromatic carbocycles. The second kappa shape index (κ2) is 6.79. The van der Waals surface area contributed by atoms with Gasteiger partial charge >= 0.3 is 0 Å². The van der Waals surface area contributed by atoms with E-state index in [1.54, 1.807) is 12.1 Å². The van der Waals surface area contributed by atoms with Gasteiger partial charge in [-0.25, -0.2) is 0 Å². The van der Waals surface area contributed by atoms with Gasteiger partial charge in [0.05, 0.1) is 10.0 Å². The third kappa shape index (κ3) is 3.66. The highest BCUT2D eigenvalue weighted by Crippen LogP contribution is 2.35. The zero-order valence-corrected chi connectivity index (χ0v) is 10.8. The number of hydrogen-bond donors (Lipinski definition) is 2. The number of halogens is 4. The summed E-state index contributed by atoms with van der Waals surface area (Å²) in [5, 5.41) is 10.00. The van der Waals surface area contributed by atoms with E-state index in [-0.39, 0.29) is 19.0 Å².